The minimum absolute atomic E-state index is 0.163. The molecule has 1 aliphatic rings. The van der Waals surface area contributed by atoms with Gasteiger partial charge < -0.3 is 10.0 Å². The number of aryl methyl sites for hydroxylation is 1. The molecule has 128 valence electrons. The number of β-amino-alcohol motifs (C(OH)–C–C–N with tert-alkyl or cyclic N) is 1. The molecule has 1 aliphatic heterocycles. The van der Waals surface area contributed by atoms with Gasteiger partial charge in [0.25, 0.3) is 11.5 Å². The van der Waals surface area contributed by atoms with Crippen molar-refractivity contribution in [3.8, 4) is 0 Å². The van der Waals surface area contributed by atoms with Gasteiger partial charge in [0, 0.05) is 50.7 Å². The van der Waals surface area contributed by atoms with Crippen LogP contribution in [0, 0.1) is 0 Å². The van der Waals surface area contributed by atoms with Crippen LogP contribution in [0.25, 0.3) is 0 Å². The topological polar surface area (TPSA) is 78.7 Å². The molecule has 1 amide bonds. The van der Waals surface area contributed by atoms with Crippen molar-refractivity contribution in [3.63, 3.8) is 0 Å². The van der Waals surface area contributed by atoms with E-state index in [2.05, 4.69) is 10.00 Å². The maximum absolute atomic E-state index is 12.5. The summed E-state index contributed by atoms with van der Waals surface area (Å²) in [7, 11) is 1.53. The minimum atomic E-state index is -0.488. The highest BCUT2D eigenvalue weighted by atomic mass is 32.1. The minimum Gasteiger partial charge on any atom is -0.386 e. The van der Waals surface area contributed by atoms with Crippen LogP contribution in [0.5, 0.6) is 0 Å². The van der Waals surface area contributed by atoms with Gasteiger partial charge >= 0.3 is 0 Å². The van der Waals surface area contributed by atoms with Crippen molar-refractivity contribution in [1.82, 2.24) is 19.6 Å². The summed E-state index contributed by atoms with van der Waals surface area (Å²) in [5.74, 6) is -0.163. The fraction of sp³-hybridized carbons (Fsp3) is 0.438. The van der Waals surface area contributed by atoms with Crippen LogP contribution >= 0.6 is 11.3 Å². The molecule has 0 spiro atoms. The molecule has 0 unspecified atom stereocenters. The summed E-state index contributed by atoms with van der Waals surface area (Å²) in [4.78, 5) is 28.7. The SMILES string of the molecule is Cn1nc(C(=O)N2CCN(C[C@@H](O)c3cccs3)CC2)ccc1=O. The third-order valence-electron chi connectivity index (χ3n) is 4.14. The molecule has 7 nitrogen and oxygen atoms in total. The summed E-state index contributed by atoms with van der Waals surface area (Å²) in [6.07, 6.45) is -0.488. The Hall–Kier alpha value is -2.03. The van der Waals surface area contributed by atoms with Crippen LogP contribution in [-0.2, 0) is 7.05 Å². The average Bonchev–Trinajstić information content (AvgIpc) is 3.12. The molecule has 0 bridgehead atoms. The Kier molecular flexibility index (Phi) is 5.08. The second-order valence-corrected chi connectivity index (χ2v) is 6.78. The van der Waals surface area contributed by atoms with Crippen molar-refractivity contribution in [2.45, 2.75) is 6.10 Å². The first-order valence-corrected chi connectivity index (χ1v) is 8.70. The van der Waals surface area contributed by atoms with E-state index in [-0.39, 0.29) is 17.2 Å². The summed E-state index contributed by atoms with van der Waals surface area (Å²) in [5, 5.41) is 16.2. The van der Waals surface area contributed by atoms with Crippen molar-refractivity contribution in [2.24, 2.45) is 7.05 Å². The first-order valence-electron chi connectivity index (χ1n) is 7.82. The molecule has 8 heteroatoms. The van der Waals surface area contributed by atoms with Crippen LogP contribution in [0.2, 0.25) is 0 Å². The molecule has 0 saturated carbocycles. The van der Waals surface area contributed by atoms with Gasteiger partial charge in [-0.15, -0.1) is 11.3 Å². The Morgan fingerprint density at radius 2 is 2.04 bits per heavy atom. The molecule has 1 saturated heterocycles. The second kappa shape index (κ2) is 7.25. The molecule has 1 fully saturated rings. The third kappa shape index (κ3) is 3.72. The van der Waals surface area contributed by atoms with Crippen LogP contribution in [0.15, 0.2) is 34.4 Å². The number of thiophene rings is 1. The van der Waals surface area contributed by atoms with Gasteiger partial charge in [-0.05, 0) is 17.5 Å². The summed E-state index contributed by atoms with van der Waals surface area (Å²) in [6, 6.07) is 6.69. The molecule has 24 heavy (non-hydrogen) atoms. The van der Waals surface area contributed by atoms with Gasteiger partial charge in [-0.2, -0.15) is 5.10 Å². The summed E-state index contributed by atoms with van der Waals surface area (Å²) >= 11 is 1.55. The van der Waals surface area contributed by atoms with Gasteiger partial charge in [0.2, 0.25) is 0 Å². The van der Waals surface area contributed by atoms with Crippen molar-refractivity contribution < 1.29 is 9.90 Å². The quantitative estimate of drug-likeness (QED) is 0.862. The highest BCUT2D eigenvalue weighted by Crippen LogP contribution is 2.20. The third-order valence-corrected chi connectivity index (χ3v) is 5.12. The molecule has 2 aromatic rings. The number of aliphatic hydroxyl groups is 1. The molecular weight excluding hydrogens is 328 g/mol. The van der Waals surface area contributed by atoms with E-state index in [1.54, 1.807) is 16.2 Å². The van der Waals surface area contributed by atoms with E-state index in [9.17, 15) is 14.7 Å². The molecule has 0 aromatic carbocycles. The molecule has 2 aromatic heterocycles. The number of hydrogen-bond donors (Lipinski definition) is 1. The largest absolute Gasteiger partial charge is 0.386 e. The number of carbonyl (C=O) groups is 1. The number of aliphatic hydroxyl groups excluding tert-OH is 1. The van der Waals surface area contributed by atoms with Crippen LogP contribution in [0.4, 0.5) is 0 Å². The lowest BCUT2D eigenvalue weighted by Crippen LogP contribution is -2.49. The summed E-state index contributed by atoms with van der Waals surface area (Å²) in [6.45, 7) is 3.15. The smallest absolute Gasteiger partial charge is 0.274 e. The highest BCUT2D eigenvalue weighted by Gasteiger charge is 2.24. The lowest BCUT2D eigenvalue weighted by molar-refractivity contribution is 0.0526. The van der Waals surface area contributed by atoms with E-state index in [0.29, 0.717) is 32.7 Å². The van der Waals surface area contributed by atoms with Crippen LogP contribution < -0.4 is 5.56 Å². The monoisotopic (exact) mass is 348 g/mol. The van der Waals surface area contributed by atoms with E-state index in [4.69, 9.17) is 0 Å². The van der Waals surface area contributed by atoms with Crippen molar-refractivity contribution in [2.75, 3.05) is 32.7 Å². The van der Waals surface area contributed by atoms with Gasteiger partial charge in [-0.25, -0.2) is 4.68 Å². The second-order valence-electron chi connectivity index (χ2n) is 5.80. The van der Waals surface area contributed by atoms with Crippen LogP contribution in [-0.4, -0.2) is 63.3 Å². The number of aromatic nitrogens is 2. The van der Waals surface area contributed by atoms with Crippen LogP contribution in [0.3, 0.4) is 0 Å². The Bertz CT molecular complexity index is 751. The van der Waals surface area contributed by atoms with E-state index in [1.165, 1.54) is 23.9 Å². The number of piperazine rings is 1. The zero-order valence-corrected chi connectivity index (χ0v) is 14.3. The molecule has 0 aliphatic carbocycles. The van der Waals surface area contributed by atoms with E-state index in [0.717, 1.165) is 4.88 Å². The van der Waals surface area contributed by atoms with E-state index < -0.39 is 6.10 Å². The molecule has 3 heterocycles. The Balaban J connectivity index is 1.55. The predicted molar refractivity (Wildman–Crippen MR) is 91.1 cm³/mol. The van der Waals surface area contributed by atoms with E-state index >= 15 is 0 Å². The maximum Gasteiger partial charge on any atom is 0.274 e. The van der Waals surface area contributed by atoms with Crippen molar-refractivity contribution >= 4 is 17.2 Å². The summed E-state index contributed by atoms with van der Waals surface area (Å²) < 4.78 is 1.17. The number of rotatable bonds is 4. The standard InChI is InChI=1S/C16H20N4O3S/c1-18-15(22)5-4-12(17-18)16(23)20-8-6-19(7-9-20)11-13(21)14-3-2-10-24-14/h2-5,10,13,21H,6-9,11H2,1H3/t13-/m1/s1. The van der Waals surface area contributed by atoms with Crippen LogP contribution in [0.1, 0.15) is 21.5 Å². The highest BCUT2D eigenvalue weighted by molar-refractivity contribution is 7.10. The van der Waals surface area contributed by atoms with Gasteiger partial charge in [-0.1, -0.05) is 6.07 Å². The first-order chi connectivity index (χ1) is 11.5. The fourth-order valence-corrected chi connectivity index (χ4v) is 3.43. The fourth-order valence-electron chi connectivity index (χ4n) is 2.73. The number of carbonyl (C=O) groups excluding carboxylic acids is 1. The zero-order valence-electron chi connectivity index (χ0n) is 13.5. The van der Waals surface area contributed by atoms with Gasteiger partial charge in [0.1, 0.15) is 11.8 Å². The van der Waals surface area contributed by atoms with Gasteiger partial charge in [-0.3, -0.25) is 14.5 Å². The lowest BCUT2D eigenvalue weighted by atomic mass is 10.2. The Labute approximate surface area is 143 Å². The van der Waals surface area contributed by atoms with Gasteiger partial charge in [0.05, 0.1) is 0 Å². The molecule has 0 radical (unpaired) electrons. The normalized spacial score (nSPS) is 17.0. The Morgan fingerprint density at radius 3 is 2.67 bits per heavy atom. The number of hydrogen-bond acceptors (Lipinski definition) is 6. The molecule has 1 N–H and O–H groups in total. The molecule has 1 atom stereocenters. The summed E-state index contributed by atoms with van der Waals surface area (Å²) in [5.41, 5.74) is 0.0445. The average molecular weight is 348 g/mol. The number of nitrogens with zero attached hydrogens (tertiary/aromatic N) is 4. The lowest BCUT2D eigenvalue weighted by Gasteiger charge is -2.35. The van der Waals surface area contributed by atoms with Crippen molar-refractivity contribution in [3.05, 3.63) is 50.6 Å². The number of amides is 1. The van der Waals surface area contributed by atoms with Gasteiger partial charge in [0.15, 0.2) is 0 Å². The zero-order chi connectivity index (χ0) is 17.1. The predicted octanol–water partition coefficient (Wildman–Crippen LogP) is 0.333. The molecular formula is C16H20N4O3S. The Morgan fingerprint density at radius 1 is 1.29 bits per heavy atom. The maximum atomic E-state index is 12.5. The van der Waals surface area contributed by atoms with Crippen molar-refractivity contribution in [1.29, 1.82) is 0 Å². The first kappa shape index (κ1) is 16.8. The molecule has 3 rings (SSSR count). The van der Waals surface area contributed by atoms with E-state index in [1.807, 2.05) is 17.5 Å².